The van der Waals surface area contributed by atoms with Gasteiger partial charge in [0.2, 0.25) is 0 Å². The van der Waals surface area contributed by atoms with Gasteiger partial charge in [0.1, 0.15) is 17.3 Å². The number of hydrogen-bond acceptors (Lipinski definition) is 4. The summed E-state index contributed by atoms with van der Waals surface area (Å²) in [7, 11) is 0. The van der Waals surface area contributed by atoms with E-state index in [1.165, 1.54) is 0 Å². The summed E-state index contributed by atoms with van der Waals surface area (Å²) in [4.78, 5) is 25.3. The van der Waals surface area contributed by atoms with Gasteiger partial charge in [0, 0.05) is 23.5 Å². The van der Waals surface area contributed by atoms with Crippen LogP contribution in [0.4, 0.5) is 0 Å². The smallest absolute Gasteiger partial charge is 0.343 e. The number of rotatable bonds is 2. The van der Waals surface area contributed by atoms with Gasteiger partial charge in [-0.05, 0) is 73.6 Å². The molecule has 1 N–H and O–H groups in total. The normalized spacial score (nSPS) is 30.2. The van der Waals surface area contributed by atoms with Gasteiger partial charge in [0.25, 0.3) is 0 Å². The summed E-state index contributed by atoms with van der Waals surface area (Å²) >= 11 is 0. The Balaban J connectivity index is 1.52. The fourth-order valence-corrected chi connectivity index (χ4v) is 6.26. The number of benzene rings is 2. The van der Waals surface area contributed by atoms with Gasteiger partial charge < -0.3 is 9.84 Å². The highest BCUT2D eigenvalue weighted by Gasteiger charge is 2.55. The second-order valence-electron chi connectivity index (χ2n) is 9.11. The summed E-state index contributed by atoms with van der Waals surface area (Å²) in [5.41, 5.74) is 2.46. The minimum absolute atomic E-state index is 0.134. The van der Waals surface area contributed by atoms with E-state index in [2.05, 4.69) is 6.92 Å². The van der Waals surface area contributed by atoms with Crippen LogP contribution in [0.1, 0.15) is 66.4 Å². The lowest BCUT2D eigenvalue weighted by atomic mass is 9.55. The Morgan fingerprint density at radius 1 is 1.10 bits per heavy atom. The third-order valence-corrected chi connectivity index (χ3v) is 7.69. The molecule has 2 fully saturated rings. The maximum atomic E-state index is 12.7. The minimum atomic E-state index is -0.405. The first-order valence-electron chi connectivity index (χ1n) is 10.6. The number of carbonyl (C=O) groups excluding carboxylic acids is 2. The molecule has 2 aromatic rings. The van der Waals surface area contributed by atoms with Gasteiger partial charge in [-0.1, -0.05) is 25.1 Å². The van der Waals surface area contributed by atoms with E-state index in [9.17, 15) is 14.7 Å². The van der Waals surface area contributed by atoms with Crippen molar-refractivity contribution in [3.63, 3.8) is 0 Å². The molecular formula is C25H26O4. The number of phenols is 1. The molecule has 0 unspecified atom stereocenters. The van der Waals surface area contributed by atoms with E-state index >= 15 is 0 Å². The summed E-state index contributed by atoms with van der Waals surface area (Å²) in [6.07, 6.45) is 5.37. The summed E-state index contributed by atoms with van der Waals surface area (Å²) in [6.45, 7) is 2.16. The molecule has 0 heterocycles. The molecule has 2 aromatic carbocycles. The van der Waals surface area contributed by atoms with Crippen molar-refractivity contribution in [2.75, 3.05) is 0 Å². The average molecular weight is 390 g/mol. The van der Waals surface area contributed by atoms with Crippen molar-refractivity contribution >= 4 is 11.8 Å². The number of carbonyl (C=O) groups is 2. The van der Waals surface area contributed by atoms with Gasteiger partial charge in [0.05, 0.1) is 5.56 Å². The molecule has 0 aliphatic heterocycles. The summed E-state index contributed by atoms with van der Waals surface area (Å²) in [5.74, 6) is 1.76. The predicted molar refractivity (Wildman–Crippen MR) is 109 cm³/mol. The zero-order valence-electron chi connectivity index (χ0n) is 16.7. The van der Waals surface area contributed by atoms with Crippen LogP contribution in [0.3, 0.4) is 0 Å². The van der Waals surface area contributed by atoms with Gasteiger partial charge in [-0.15, -0.1) is 0 Å². The predicted octanol–water partition coefficient (Wildman–Crippen LogP) is 5.04. The third kappa shape index (κ3) is 2.88. The number of ketones is 1. The van der Waals surface area contributed by atoms with Crippen LogP contribution in [-0.2, 0) is 11.2 Å². The topological polar surface area (TPSA) is 63.6 Å². The molecule has 0 radical (unpaired) electrons. The maximum absolute atomic E-state index is 12.7. The molecule has 0 bridgehead atoms. The average Bonchev–Trinajstić information content (AvgIpc) is 3.03. The standard InChI is InChI=1S/C25H26O4/c1-25-12-11-19-18(20(25)9-10-22(25)27)8-7-16-13-17(26)14-21(23(16)19)29-24(28)15-5-3-2-4-6-15/h2-6,13-14,18-20,26H,7-12H2,1H3/t18-,19+,20+,25+/m1/s1. The minimum Gasteiger partial charge on any atom is -0.508 e. The summed E-state index contributed by atoms with van der Waals surface area (Å²) < 4.78 is 5.82. The molecule has 0 saturated heterocycles. The Morgan fingerprint density at radius 3 is 2.69 bits per heavy atom. The molecule has 3 aliphatic carbocycles. The quantitative estimate of drug-likeness (QED) is 0.577. The molecule has 3 aliphatic rings. The Morgan fingerprint density at radius 2 is 1.90 bits per heavy atom. The van der Waals surface area contributed by atoms with E-state index in [4.69, 9.17) is 4.74 Å². The Bertz CT molecular complexity index is 980. The van der Waals surface area contributed by atoms with Crippen molar-refractivity contribution in [3.8, 4) is 11.5 Å². The summed E-state index contributed by atoms with van der Waals surface area (Å²) in [5, 5.41) is 10.2. The van der Waals surface area contributed by atoms with Crippen LogP contribution in [0, 0.1) is 17.3 Å². The van der Waals surface area contributed by atoms with Crippen molar-refractivity contribution in [3.05, 3.63) is 59.2 Å². The van der Waals surface area contributed by atoms with Crippen molar-refractivity contribution in [1.29, 1.82) is 0 Å². The molecule has 4 atom stereocenters. The summed E-state index contributed by atoms with van der Waals surface area (Å²) in [6, 6.07) is 12.3. The van der Waals surface area contributed by atoms with Gasteiger partial charge >= 0.3 is 5.97 Å². The highest BCUT2D eigenvalue weighted by atomic mass is 16.5. The molecule has 150 valence electrons. The first-order chi connectivity index (χ1) is 14.0. The fraction of sp³-hybridized carbons (Fsp3) is 0.440. The van der Waals surface area contributed by atoms with Crippen LogP contribution in [0.5, 0.6) is 11.5 Å². The Hall–Kier alpha value is -2.62. The monoisotopic (exact) mass is 390 g/mol. The van der Waals surface area contributed by atoms with Gasteiger partial charge in [-0.2, -0.15) is 0 Å². The van der Waals surface area contributed by atoms with Crippen molar-refractivity contribution in [2.45, 2.75) is 51.4 Å². The second kappa shape index (κ2) is 6.72. The largest absolute Gasteiger partial charge is 0.508 e. The van der Waals surface area contributed by atoms with E-state index in [1.807, 2.05) is 24.3 Å². The van der Waals surface area contributed by atoms with E-state index in [1.54, 1.807) is 18.2 Å². The molecule has 4 nitrogen and oxygen atoms in total. The van der Waals surface area contributed by atoms with Crippen molar-refractivity contribution in [2.24, 2.45) is 17.3 Å². The van der Waals surface area contributed by atoms with Gasteiger partial charge in [0.15, 0.2) is 0 Å². The lowest BCUT2D eigenvalue weighted by molar-refractivity contribution is -0.129. The molecule has 2 saturated carbocycles. The molecular weight excluding hydrogens is 364 g/mol. The Kier molecular flexibility index (Phi) is 4.27. The number of ether oxygens (including phenoxy) is 1. The van der Waals surface area contributed by atoms with Gasteiger partial charge in [-0.25, -0.2) is 4.79 Å². The van der Waals surface area contributed by atoms with E-state index in [0.29, 0.717) is 35.4 Å². The van der Waals surface area contributed by atoms with E-state index in [0.717, 1.165) is 43.2 Å². The number of phenolic OH excluding ortho intramolecular Hbond substituents is 1. The van der Waals surface area contributed by atoms with E-state index in [-0.39, 0.29) is 17.1 Å². The van der Waals surface area contributed by atoms with E-state index < -0.39 is 5.97 Å². The highest BCUT2D eigenvalue weighted by Crippen LogP contribution is 2.60. The molecule has 4 heteroatoms. The number of esters is 1. The number of aromatic hydroxyl groups is 1. The van der Waals surface area contributed by atoms with Gasteiger partial charge in [-0.3, -0.25) is 4.79 Å². The van der Waals surface area contributed by atoms with Crippen molar-refractivity contribution < 1.29 is 19.4 Å². The van der Waals surface area contributed by atoms with Crippen LogP contribution in [0.2, 0.25) is 0 Å². The molecule has 0 aromatic heterocycles. The molecule has 29 heavy (non-hydrogen) atoms. The zero-order chi connectivity index (χ0) is 20.2. The second-order valence-corrected chi connectivity index (χ2v) is 9.11. The van der Waals surface area contributed by atoms with Crippen LogP contribution in [0.25, 0.3) is 0 Å². The first kappa shape index (κ1) is 18.4. The third-order valence-electron chi connectivity index (χ3n) is 7.69. The van der Waals surface area contributed by atoms with Crippen molar-refractivity contribution in [1.82, 2.24) is 0 Å². The van der Waals surface area contributed by atoms with Crippen LogP contribution in [-0.4, -0.2) is 16.9 Å². The van der Waals surface area contributed by atoms with Crippen LogP contribution >= 0.6 is 0 Å². The number of fused-ring (bicyclic) bond motifs is 5. The maximum Gasteiger partial charge on any atom is 0.343 e. The number of hydrogen-bond donors (Lipinski definition) is 1. The first-order valence-corrected chi connectivity index (χ1v) is 10.6. The Labute approximate surface area is 170 Å². The SMILES string of the molecule is C[C@]12CC[C@@H]3c4c(cc(O)cc4OC(=O)c4ccccc4)CC[C@H]3[C@@H]1CCC2=O. The molecule has 0 amide bonds. The lowest BCUT2D eigenvalue weighted by Gasteiger charge is -2.48. The zero-order valence-corrected chi connectivity index (χ0v) is 16.7. The molecule has 0 spiro atoms. The highest BCUT2D eigenvalue weighted by molar-refractivity contribution is 5.91. The van der Waals surface area contributed by atoms with Crippen LogP contribution in [0.15, 0.2) is 42.5 Å². The number of aryl methyl sites for hydroxylation is 1. The van der Waals surface area contributed by atoms with Crippen LogP contribution < -0.4 is 4.74 Å². The fourth-order valence-electron chi connectivity index (χ4n) is 6.26. The molecule has 5 rings (SSSR count). The lowest BCUT2D eigenvalue weighted by Crippen LogP contribution is -2.42. The number of Topliss-reactive ketones (excluding diaryl/α,β-unsaturated/α-hetero) is 1.